The van der Waals surface area contributed by atoms with Crippen molar-refractivity contribution in [2.75, 3.05) is 6.61 Å². The van der Waals surface area contributed by atoms with Gasteiger partial charge >= 0.3 is 7.12 Å². The zero-order chi connectivity index (χ0) is 14.4. The lowest BCUT2D eigenvalue weighted by Crippen LogP contribution is -2.41. The molecule has 108 valence electrons. The second-order valence-electron chi connectivity index (χ2n) is 6.84. The van der Waals surface area contributed by atoms with Crippen molar-refractivity contribution < 1.29 is 18.4 Å². The van der Waals surface area contributed by atoms with E-state index in [-0.39, 0.29) is 11.8 Å². The third-order valence-electron chi connectivity index (χ3n) is 4.46. The van der Waals surface area contributed by atoms with E-state index in [1.165, 1.54) is 0 Å². The van der Waals surface area contributed by atoms with Gasteiger partial charge < -0.3 is 14.0 Å². The van der Waals surface area contributed by atoms with E-state index in [2.05, 4.69) is 13.8 Å². The maximum atomic E-state index is 14.5. The molecular weight excluding hydrogens is 246 g/mol. The van der Waals surface area contributed by atoms with Gasteiger partial charge in [-0.3, -0.25) is 0 Å². The van der Waals surface area contributed by atoms with Crippen LogP contribution in [-0.2, 0) is 14.0 Å². The van der Waals surface area contributed by atoms with Crippen molar-refractivity contribution in [3.8, 4) is 0 Å². The highest BCUT2D eigenvalue weighted by Gasteiger charge is 2.53. The number of hydrogen-bond donors (Lipinski definition) is 0. The predicted octanol–water partition coefficient (Wildman–Crippen LogP) is 3.29. The van der Waals surface area contributed by atoms with Crippen LogP contribution in [0.15, 0.2) is 11.3 Å². The quantitative estimate of drug-likeness (QED) is 0.721. The monoisotopic (exact) mass is 270 g/mol. The Bertz CT molecular complexity index is 374. The normalized spacial score (nSPS) is 32.2. The third kappa shape index (κ3) is 2.74. The molecule has 5 heteroatoms. The summed E-state index contributed by atoms with van der Waals surface area (Å²) in [5, 5.41) is 0. The van der Waals surface area contributed by atoms with E-state index in [0.717, 1.165) is 0 Å². The first kappa shape index (κ1) is 15.0. The summed E-state index contributed by atoms with van der Waals surface area (Å²) >= 11 is 0. The number of hydrogen-bond acceptors (Lipinski definition) is 3. The largest absolute Gasteiger partial charge is 0.525 e. The van der Waals surface area contributed by atoms with Crippen LogP contribution in [-0.4, -0.2) is 31.0 Å². The fraction of sp³-hybridized carbons (Fsp3) is 0.857. The minimum atomic E-state index is -0.894. The lowest BCUT2D eigenvalue weighted by molar-refractivity contribution is 0.00578. The molecule has 0 bridgehead atoms. The van der Waals surface area contributed by atoms with E-state index in [1.807, 2.05) is 27.7 Å². The Morgan fingerprint density at radius 2 is 1.74 bits per heavy atom. The molecule has 3 nitrogen and oxygen atoms in total. The van der Waals surface area contributed by atoms with Crippen molar-refractivity contribution in [2.24, 2.45) is 5.92 Å². The van der Waals surface area contributed by atoms with Crippen molar-refractivity contribution in [1.29, 1.82) is 0 Å². The van der Waals surface area contributed by atoms with Crippen LogP contribution in [0.3, 0.4) is 0 Å². The summed E-state index contributed by atoms with van der Waals surface area (Å²) in [6, 6.07) is 0. The maximum absolute atomic E-state index is 14.5. The Morgan fingerprint density at radius 1 is 1.21 bits per heavy atom. The van der Waals surface area contributed by atoms with Crippen LogP contribution in [0.1, 0.15) is 48.0 Å². The smallest absolute Gasteiger partial charge is 0.398 e. The molecule has 0 spiro atoms. The van der Waals surface area contributed by atoms with Gasteiger partial charge in [-0.05, 0) is 45.6 Å². The molecule has 0 amide bonds. The lowest BCUT2D eigenvalue weighted by atomic mass is 9.83. The van der Waals surface area contributed by atoms with Gasteiger partial charge in [0.15, 0.2) is 0 Å². The summed E-state index contributed by atoms with van der Waals surface area (Å²) in [5.41, 5.74) is -0.641. The van der Waals surface area contributed by atoms with Gasteiger partial charge in [-0.2, -0.15) is 0 Å². The van der Waals surface area contributed by atoms with Crippen LogP contribution < -0.4 is 0 Å². The molecule has 0 aromatic carbocycles. The zero-order valence-electron chi connectivity index (χ0n) is 12.7. The average molecular weight is 270 g/mol. The molecule has 0 aromatic rings. The van der Waals surface area contributed by atoms with E-state index in [1.54, 1.807) is 0 Å². The summed E-state index contributed by atoms with van der Waals surface area (Å²) < 4.78 is 31.5. The fourth-order valence-electron chi connectivity index (χ4n) is 2.28. The van der Waals surface area contributed by atoms with E-state index in [4.69, 9.17) is 14.0 Å². The molecular formula is C14H24BFO3. The SMILES string of the molecule is CC(C)C1CC(=C(F)B2OC(C)(C)C(C)(C)O2)CO1. The highest BCUT2D eigenvalue weighted by Crippen LogP contribution is 2.40. The molecule has 0 aromatic heterocycles. The van der Waals surface area contributed by atoms with Crippen LogP contribution in [0.25, 0.3) is 0 Å². The van der Waals surface area contributed by atoms with Crippen LogP contribution in [0.4, 0.5) is 4.39 Å². The van der Waals surface area contributed by atoms with E-state index in [0.29, 0.717) is 24.5 Å². The minimum Gasteiger partial charge on any atom is -0.398 e. The van der Waals surface area contributed by atoms with Crippen LogP contribution >= 0.6 is 0 Å². The Morgan fingerprint density at radius 3 is 2.16 bits per heavy atom. The van der Waals surface area contributed by atoms with Crippen molar-refractivity contribution >= 4 is 7.12 Å². The molecule has 0 aliphatic carbocycles. The number of ether oxygens (including phenoxy) is 1. The van der Waals surface area contributed by atoms with Gasteiger partial charge in [0, 0.05) is 0 Å². The van der Waals surface area contributed by atoms with Gasteiger partial charge in [0.2, 0.25) is 0 Å². The molecule has 2 heterocycles. The minimum absolute atomic E-state index is 0.100. The van der Waals surface area contributed by atoms with Crippen LogP contribution in [0.5, 0.6) is 0 Å². The first-order valence-electron chi connectivity index (χ1n) is 6.99. The topological polar surface area (TPSA) is 27.7 Å². The van der Waals surface area contributed by atoms with Crippen LogP contribution in [0.2, 0.25) is 0 Å². The molecule has 19 heavy (non-hydrogen) atoms. The van der Waals surface area contributed by atoms with Gasteiger partial charge in [0.05, 0.1) is 23.9 Å². The first-order valence-corrected chi connectivity index (χ1v) is 6.99. The molecule has 2 aliphatic rings. The second-order valence-corrected chi connectivity index (χ2v) is 6.84. The van der Waals surface area contributed by atoms with Crippen molar-refractivity contribution in [1.82, 2.24) is 0 Å². The number of halogens is 1. The van der Waals surface area contributed by atoms with Gasteiger partial charge in [0.1, 0.15) is 5.73 Å². The zero-order valence-corrected chi connectivity index (χ0v) is 12.7. The predicted molar refractivity (Wildman–Crippen MR) is 73.4 cm³/mol. The molecule has 2 rings (SSSR count). The Balaban J connectivity index is 2.12. The lowest BCUT2D eigenvalue weighted by Gasteiger charge is -2.32. The van der Waals surface area contributed by atoms with Gasteiger partial charge in [-0.25, -0.2) is 4.39 Å². The highest BCUT2D eigenvalue weighted by atomic mass is 19.1. The molecule has 1 atom stereocenters. The van der Waals surface area contributed by atoms with Gasteiger partial charge in [-0.15, -0.1) is 0 Å². The summed E-state index contributed by atoms with van der Waals surface area (Å²) in [4.78, 5) is 0. The summed E-state index contributed by atoms with van der Waals surface area (Å²) in [6.07, 6.45) is 0.733. The summed E-state index contributed by atoms with van der Waals surface area (Å²) in [7, 11) is -0.894. The first-order chi connectivity index (χ1) is 8.64. The van der Waals surface area contributed by atoms with Gasteiger partial charge in [0.25, 0.3) is 0 Å². The summed E-state index contributed by atoms with van der Waals surface area (Å²) in [5.74, 6) is 0.392. The molecule has 0 N–H and O–H groups in total. The number of rotatable bonds is 2. The fourth-order valence-corrected chi connectivity index (χ4v) is 2.28. The van der Waals surface area contributed by atoms with Crippen molar-refractivity contribution in [2.45, 2.75) is 65.3 Å². The molecule has 1 unspecified atom stereocenters. The van der Waals surface area contributed by atoms with Crippen molar-refractivity contribution in [3.05, 3.63) is 11.3 Å². The Kier molecular flexibility index (Phi) is 3.84. The standard InChI is InChI=1S/C14H24BFO3/c1-9(2)11-7-10(8-17-11)12(16)15-18-13(3,4)14(5,6)19-15/h9,11H,7-8H2,1-6H3. The molecule has 0 saturated carbocycles. The van der Waals surface area contributed by atoms with E-state index >= 15 is 0 Å². The average Bonchev–Trinajstić information content (AvgIpc) is 2.82. The van der Waals surface area contributed by atoms with Crippen molar-refractivity contribution in [3.63, 3.8) is 0 Å². The maximum Gasteiger partial charge on any atom is 0.525 e. The Hall–Kier alpha value is -0.385. The van der Waals surface area contributed by atoms with E-state index in [9.17, 15) is 4.39 Å². The highest BCUT2D eigenvalue weighted by molar-refractivity contribution is 6.53. The molecule has 2 saturated heterocycles. The second kappa shape index (κ2) is 4.87. The van der Waals surface area contributed by atoms with Crippen LogP contribution in [0, 0.1) is 5.92 Å². The molecule has 2 fully saturated rings. The molecule has 0 radical (unpaired) electrons. The summed E-state index contributed by atoms with van der Waals surface area (Å²) in [6.45, 7) is 12.2. The Labute approximate surface area is 115 Å². The third-order valence-corrected chi connectivity index (χ3v) is 4.46. The molecule has 2 aliphatic heterocycles. The van der Waals surface area contributed by atoms with Gasteiger partial charge in [-0.1, -0.05) is 13.8 Å². The van der Waals surface area contributed by atoms with E-state index < -0.39 is 18.3 Å².